The van der Waals surface area contributed by atoms with Crippen molar-refractivity contribution in [2.24, 2.45) is 0 Å². The van der Waals surface area contributed by atoms with E-state index in [0.29, 0.717) is 0 Å². The standard InChI is InChI=1S/C11H22O2/c1-3-9-13-11-8-6-4-5-7-10-12-2/h3,9H,4-8,10-11H2,1-2H3/b9-3+. The van der Waals surface area contributed by atoms with Crippen LogP contribution in [0.5, 0.6) is 0 Å². The van der Waals surface area contributed by atoms with Gasteiger partial charge in [0.25, 0.3) is 0 Å². The Hall–Kier alpha value is -0.500. The Morgan fingerprint density at radius 1 is 0.923 bits per heavy atom. The summed E-state index contributed by atoms with van der Waals surface area (Å²) < 4.78 is 10.2. The summed E-state index contributed by atoms with van der Waals surface area (Å²) in [7, 11) is 1.75. The van der Waals surface area contributed by atoms with Crippen molar-refractivity contribution in [1.82, 2.24) is 0 Å². The molecule has 0 aliphatic heterocycles. The maximum absolute atomic E-state index is 5.21. The average Bonchev–Trinajstić information content (AvgIpc) is 2.16. The van der Waals surface area contributed by atoms with Crippen LogP contribution in [0.4, 0.5) is 0 Å². The molecule has 2 heteroatoms. The zero-order valence-electron chi connectivity index (χ0n) is 8.92. The fraction of sp³-hybridized carbons (Fsp3) is 0.818. The minimum Gasteiger partial charge on any atom is -0.502 e. The zero-order chi connectivity index (χ0) is 9.78. The van der Waals surface area contributed by atoms with E-state index in [2.05, 4.69) is 0 Å². The molecule has 0 atom stereocenters. The first-order valence-corrected chi connectivity index (χ1v) is 5.13. The molecule has 0 saturated heterocycles. The lowest BCUT2D eigenvalue weighted by Crippen LogP contribution is -1.90. The summed E-state index contributed by atoms with van der Waals surface area (Å²) in [5.41, 5.74) is 0. The molecule has 13 heavy (non-hydrogen) atoms. The number of unbranched alkanes of at least 4 members (excludes halogenated alkanes) is 4. The molecule has 0 saturated carbocycles. The highest BCUT2D eigenvalue weighted by atomic mass is 16.5. The van der Waals surface area contributed by atoms with Gasteiger partial charge in [0.15, 0.2) is 0 Å². The maximum Gasteiger partial charge on any atom is 0.0873 e. The van der Waals surface area contributed by atoms with Crippen LogP contribution in [-0.2, 0) is 9.47 Å². The van der Waals surface area contributed by atoms with Crippen LogP contribution in [0, 0.1) is 0 Å². The van der Waals surface area contributed by atoms with Gasteiger partial charge in [0.1, 0.15) is 0 Å². The van der Waals surface area contributed by atoms with Gasteiger partial charge in [0, 0.05) is 13.7 Å². The van der Waals surface area contributed by atoms with E-state index in [9.17, 15) is 0 Å². The number of ether oxygens (including phenoxy) is 2. The summed E-state index contributed by atoms with van der Waals surface area (Å²) in [6.45, 7) is 3.72. The van der Waals surface area contributed by atoms with Crippen molar-refractivity contribution in [3.63, 3.8) is 0 Å². The minimum absolute atomic E-state index is 0.856. The van der Waals surface area contributed by atoms with Gasteiger partial charge in [-0.25, -0.2) is 0 Å². The van der Waals surface area contributed by atoms with Gasteiger partial charge in [-0.2, -0.15) is 0 Å². The van der Waals surface area contributed by atoms with Crippen molar-refractivity contribution in [1.29, 1.82) is 0 Å². The van der Waals surface area contributed by atoms with E-state index in [1.807, 2.05) is 13.0 Å². The second-order valence-electron chi connectivity index (χ2n) is 3.10. The van der Waals surface area contributed by atoms with E-state index in [0.717, 1.165) is 19.6 Å². The molecule has 0 heterocycles. The molecule has 0 spiro atoms. The number of rotatable bonds is 9. The minimum atomic E-state index is 0.856. The van der Waals surface area contributed by atoms with Gasteiger partial charge in [0.05, 0.1) is 12.9 Å². The lowest BCUT2D eigenvalue weighted by Gasteiger charge is -2.01. The van der Waals surface area contributed by atoms with Gasteiger partial charge in [-0.15, -0.1) is 0 Å². The van der Waals surface area contributed by atoms with Crippen LogP contribution in [0.1, 0.15) is 39.0 Å². The Bertz CT molecular complexity index is 111. The first-order valence-electron chi connectivity index (χ1n) is 5.13. The lowest BCUT2D eigenvalue weighted by molar-refractivity contribution is 0.191. The van der Waals surface area contributed by atoms with Crippen LogP contribution >= 0.6 is 0 Å². The third-order valence-corrected chi connectivity index (χ3v) is 1.84. The second-order valence-corrected chi connectivity index (χ2v) is 3.10. The molecule has 0 aromatic heterocycles. The van der Waals surface area contributed by atoms with Crippen molar-refractivity contribution in [2.45, 2.75) is 39.0 Å². The van der Waals surface area contributed by atoms with Gasteiger partial charge in [-0.1, -0.05) is 25.3 Å². The van der Waals surface area contributed by atoms with Gasteiger partial charge < -0.3 is 9.47 Å². The topological polar surface area (TPSA) is 18.5 Å². The Balaban J connectivity index is 2.83. The molecule has 0 fully saturated rings. The van der Waals surface area contributed by atoms with E-state index >= 15 is 0 Å². The molecule has 0 aliphatic rings. The summed E-state index contributed by atoms with van der Waals surface area (Å²) in [5, 5.41) is 0. The molecule has 0 radical (unpaired) electrons. The predicted molar refractivity (Wildman–Crippen MR) is 55.7 cm³/mol. The molecule has 0 N–H and O–H groups in total. The molecule has 0 amide bonds. The number of methoxy groups -OCH3 is 1. The fourth-order valence-electron chi connectivity index (χ4n) is 1.13. The summed E-state index contributed by atoms with van der Waals surface area (Å²) in [4.78, 5) is 0. The summed E-state index contributed by atoms with van der Waals surface area (Å²) in [6, 6.07) is 0. The van der Waals surface area contributed by atoms with Crippen molar-refractivity contribution in [3.8, 4) is 0 Å². The summed E-state index contributed by atoms with van der Waals surface area (Å²) in [6.07, 6.45) is 9.86. The normalized spacial score (nSPS) is 10.9. The molecule has 78 valence electrons. The van der Waals surface area contributed by atoms with Crippen LogP contribution in [0.15, 0.2) is 12.3 Å². The first-order chi connectivity index (χ1) is 6.41. The van der Waals surface area contributed by atoms with Crippen LogP contribution < -0.4 is 0 Å². The molecule has 0 unspecified atom stereocenters. The van der Waals surface area contributed by atoms with Gasteiger partial charge >= 0.3 is 0 Å². The second kappa shape index (κ2) is 11.5. The van der Waals surface area contributed by atoms with Crippen molar-refractivity contribution in [2.75, 3.05) is 20.3 Å². The monoisotopic (exact) mass is 186 g/mol. The van der Waals surface area contributed by atoms with E-state index in [1.165, 1.54) is 25.7 Å². The number of hydrogen-bond donors (Lipinski definition) is 0. The van der Waals surface area contributed by atoms with Crippen molar-refractivity contribution < 1.29 is 9.47 Å². The Kier molecular flexibility index (Phi) is 11.1. The quantitative estimate of drug-likeness (QED) is 0.407. The number of hydrogen-bond acceptors (Lipinski definition) is 2. The molecule has 0 aromatic rings. The molecular weight excluding hydrogens is 164 g/mol. The summed E-state index contributed by atoms with van der Waals surface area (Å²) >= 11 is 0. The highest BCUT2D eigenvalue weighted by Gasteiger charge is 1.89. The van der Waals surface area contributed by atoms with E-state index in [1.54, 1.807) is 13.4 Å². The number of allylic oxidation sites excluding steroid dienone is 1. The van der Waals surface area contributed by atoms with Crippen LogP contribution in [0.25, 0.3) is 0 Å². The molecule has 0 rings (SSSR count). The third kappa shape index (κ3) is 11.5. The van der Waals surface area contributed by atoms with Crippen LogP contribution in [0.3, 0.4) is 0 Å². The van der Waals surface area contributed by atoms with E-state index in [-0.39, 0.29) is 0 Å². The largest absolute Gasteiger partial charge is 0.502 e. The SMILES string of the molecule is C/C=C/OCCCCCCCOC. The summed E-state index contributed by atoms with van der Waals surface area (Å²) in [5.74, 6) is 0. The Labute approximate surface area is 81.9 Å². The average molecular weight is 186 g/mol. The predicted octanol–water partition coefficient (Wildman–Crippen LogP) is 3.13. The highest BCUT2D eigenvalue weighted by Crippen LogP contribution is 2.03. The van der Waals surface area contributed by atoms with Crippen LogP contribution in [0.2, 0.25) is 0 Å². The zero-order valence-corrected chi connectivity index (χ0v) is 8.92. The molecule has 0 aliphatic carbocycles. The van der Waals surface area contributed by atoms with Crippen LogP contribution in [-0.4, -0.2) is 20.3 Å². The highest BCUT2D eigenvalue weighted by molar-refractivity contribution is 4.64. The van der Waals surface area contributed by atoms with Crippen molar-refractivity contribution >= 4 is 0 Å². The smallest absolute Gasteiger partial charge is 0.0873 e. The van der Waals surface area contributed by atoms with Gasteiger partial charge in [-0.05, 0) is 19.8 Å². The van der Waals surface area contributed by atoms with Gasteiger partial charge in [-0.3, -0.25) is 0 Å². The van der Waals surface area contributed by atoms with Gasteiger partial charge in [0.2, 0.25) is 0 Å². The Morgan fingerprint density at radius 2 is 1.54 bits per heavy atom. The lowest BCUT2D eigenvalue weighted by atomic mass is 10.1. The van der Waals surface area contributed by atoms with E-state index in [4.69, 9.17) is 9.47 Å². The molecule has 2 nitrogen and oxygen atoms in total. The van der Waals surface area contributed by atoms with E-state index < -0.39 is 0 Å². The Morgan fingerprint density at radius 3 is 2.15 bits per heavy atom. The third-order valence-electron chi connectivity index (χ3n) is 1.84. The molecule has 0 aromatic carbocycles. The molecular formula is C11H22O2. The molecule has 0 bridgehead atoms. The first kappa shape index (κ1) is 12.5. The van der Waals surface area contributed by atoms with Crippen molar-refractivity contribution in [3.05, 3.63) is 12.3 Å². The fourth-order valence-corrected chi connectivity index (χ4v) is 1.13. The maximum atomic E-state index is 5.21.